The van der Waals surface area contributed by atoms with E-state index in [9.17, 15) is 0 Å². The quantitative estimate of drug-likeness (QED) is 0.786. The molecule has 1 fully saturated rings. The minimum absolute atomic E-state index is 0.176. The van der Waals surface area contributed by atoms with Crippen molar-refractivity contribution in [1.29, 1.82) is 0 Å². The maximum absolute atomic E-state index is 5.90. The summed E-state index contributed by atoms with van der Waals surface area (Å²) in [6.45, 7) is 2.98. The Bertz CT molecular complexity index is 827. The largest absolute Gasteiger partial charge is 0.473 e. The molecule has 6 heteroatoms. The number of likely N-dealkylation sites (tertiary alicyclic amines) is 1. The summed E-state index contributed by atoms with van der Waals surface area (Å²) in [5.74, 6) is 0.511. The molecule has 0 aliphatic carbocycles. The smallest absolute Gasteiger partial charge is 0.234 e. The van der Waals surface area contributed by atoms with Crippen LogP contribution in [-0.2, 0) is 6.54 Å². The highest BCUT2D eigenvalue weighted by molar-refractivity contribution is 6.29. The van der Waals surface area contributed by atoms with Gasteiger partial charge < -0.3 is 9.72 Å². The van der Waals surface area contributed by atoms with E-state index in [0.29, 0.717) is 11.0 Å². The number of nitrogens with zero attached hydrogens (tertiary/aromatic N) is 3. The Morgan fingerprint density at radius 3 is 2.92 bits per heavy atom. The number of H-pyrrole nitrogens is 1. The first-order chi connectivity index (χ1) is 11.8. The highest BCUT2D eigenvalue weighted by Gasteiger charge is 2.21. The zero-order valence-corrected chi connectivity index (χ0v) is 14.0. The number of hydrogen-bond acceptors (Lipinski definition) is 4. The molecule has 1 N–H and O–H groups in total. The van der Waals surface area contributed by atoms with Crippen LogP contribution >= 0.6 is 11.6 Å². The van der Waals surface area contributed by atoms with Gasteiger partial charge >= 0.3 is 0 Å². The number of halogens is 1. The van der Waals surface area contributed by atoms with Crippen LogP contribution < -0.4 is 4.74 Å². The Hall–Kier alpha value is -2.11. The molecule has 5 nitrogen and oxygen atoms in total. The molecule has 4 rings (SSSR count). The molecule has 0 saturated carbocycles. The standard InChI is InChI=1S/C18H19ClN4O/c19-16-10-20-11-17(22-16)24-15-5-8-23(9-6-15)12-14-3-1-2-13-4-7-21-18(13)14/h1-4,7,10-11,15,21H,5-6,8-9,12H2. The molecule has 1 saturated heterocycles. The Kier molecular flexibility index (Phi) is 4.36. The van der Waals surface area contributed by atoms with Gasteiger partial charge in [0.1, 0.15) is 6.10 Å². The van der Waals surface area contributed by atoms with Crippen molar-refractivity contribution in [2.24, 2.45) is 0 Å². The first-order valence-corrected chi connectivity index (χ1v) is 8.57. The Labute approximate surface area is 145 Å². The minimum Gasteiger partial charge on any atom is -0.473 e. The summed E-state index contributed by atoms with van der Waals surface area (Å²) in [6.07, 6.45) is 7.27. The van der Waals surface area contributed by atoms with Gasteiger partial charge in [0.25, 0.3) is 0 Å². The molecular weight excluding hydrogens is 324 g/mol. The maximum Gasteiger partial charge on any atom is 0.234 e. The van der Waals surface area contributed by atoms with E-state index in [-0.39, 0.29) is 6.10 Å². The van der Waals surface area contributed by atoms with Crippen molar-refractivity contribution in [2.75, 3.05) is 13.1 Å². The molecule has 1 aliphatic rings. The van der Waals surface area contributed by atoms with Gasteiger partial charge in [0.05, 0.1) is 12.4 Å². The Balaban J connectivity index is 1.35. The zero-order valence-electron chi connectivity index (χ0n) is 13.3. The lowest BCUT2D eigenvalue weighted by Crippen LogP contribution is -2.38. The van der Waals surface area contributed by atoms with E-state index in [1.807, 2.05) is 6.20 Å². The summed E-state index contributed by atoms with van der Waals surface area (Å²) in [7, 11) is 0. The average Bonchev–Trinajstić information content (AvgIpc) is 3.06. The first-order valence-electron chi connectivity index (χ1n) is 8.19. The van der Waals surface area contributed by atoms with E-state index < -0.39 is 0 Å². The van der Waals surface area contributed by atoms with E-state index in [2.05, 4.69) is 44.1 Å². The van der Waals surface area contributed by atoms with Crippen LogP contribution in [0.1, 0.15) is 18.4 Å². The number of para-hydroxylation sites is 1. The van der Waals surface area contributed by atoms with Crippen LogP contribution in [0.15, 0.2) is 42.9 Å². The zero-order chi connectivity index (χ0) is 16.4. The number of fused-ring (bicyclic) bond motifs is 1. The highest BCUT2D eigenvalue weighted by atomic mass is 35.5. The molecule has 0 atom stereocenters. The molecule has 0 amide bonds. The summed E-state index contributed by atoms with van der Waals surface area (Å²) >= 11 is 5.85. The number of rotatable bonds is 4. The van der Waals surface area contributed by atoms with Crippen molar-refractivity contribution < 1.29 is 4.74 Å². The van der Waals surface area contributed by atoms with Crippen LogP contribution in [-0.4, -0.2) is 39.0 Å². The number of benzene rings is 1. The molecule has 3 heterocycles. The van der Waals surface area contributed by atoms with Crippen LogP contribution in [0.3, 0.4) is 0 Å². The summed E-state index contributed by atoms with van der Waals surface area (Å²) in [6, 6.07) is 8.58. The van der Waals surface area contributed by atoms with Crippen LogP contribution in [0.25, 0.3) is 10.9 Å². The second kappa shape index (κ2) is 6.79. The number of aromatic amines is 1. The third-order valence-electron chi connectivity index (χ3n) is 4.47. The fourth-order valence-electron chi connectivity index (χ4n) is 3.26. The van der Waals surface area contributed by atoms with E-state index in [1.54, 1.807) is 6.20 Å². The minimum atomic E-state index is 0.176. The van der Waals surface area contributed by atoms with Gasteiger partial charge in [-0.3, -0.25) is 9.88 Å². The van der Waals surface area contributed by atoms with Crippen LogP contribution in [0.4, 0.5) is 0 Å². The molecule has 3 aromatic rings. The van der Waals surface area contributed by atoms with E-state index >= 15 is 0 Å². The van der Waals surface area contributed by atoms with E-state index in [4.69, 9.17) is 16.3 Å². The SMILES string of the molecule is Clc1cncc(OC2CCN(Cc3cccc4cc[nH]c34)CC2)n1. The summed E-state index contributed by atoms with van der Waals surface area (Å²) in [5.41, 5.74) is 2.59. The lowest BCUT2D eigenvalue weighted by molar-refractivity contribution is 0.0931. The lowest BCUT2D eigenvalue weighted by Gasteiger charge is -2.31. The van der Waals surface area contributed by atoms with Gasteiger partial charge in [-0.2, -0.15) is 4.98 Å². The van der Waals surface area contributed by atoms with Crippen molar-refractivity contribution in [1.82, 2.24) is 19.9 Å². The topological polar surface area (TPSA) is 54.0 Å². The fourth-order valence-corrected chi connectivity index (χ4v) is 3.40. The molecule has 24 heavy (non-hydrogen) atoms. The molecule has 0 unspecified atom stereocenters. The normalized spacial score (nSPS) is 16.5. The molecule has 1 aromatic carbocycles. The summed E-state index contributed by atoms with van der Waals surface area (Å²) < 4.78 is 5.90. The van der Waals surface area contributed by atoms with Crippen LogP contribution in [0, 0.1) is 0 Å². The van der Waals surface area contributed by atoms with Gasteiger partial charge in [0, 0.05) is 31.3 Å². The van der Waals surface area contributed by atoms with Crippen molar-refractivity contribution in [3.63, 3.8) is 0 Å². The second-order valence-corrected chi connectivity index (χ2v) is 6.52. The van der Waals surface area contributed by atoms with Crippen molar-refractivity contribution in [3.05, 3.63) is 53.6 Å². The van der Waals surface area contributed by atoms with Gasteiger partial charge in [0.15, 0.2) is 5.15 Å². The predicted molar refractivity (Wildman–Crippen MR) is 94.3 cm³/mol. The number of ether oxygens (including phenoxy) is 1. The van der Waals surface area contributed by atoms with Crippen LogP contribution in [0.5, 0.6) is 5.88 Å². The van der Waals surface area contributed by atoms with Gasteiger partial charge in [-0.1, -0.05) is 29.8 Å². The molecule has 0 bridgehead atoms. The Morgan fingerprint density at radius 1 is 1.21 bits per heavy atom. The van der Waals surface area contributed by atoms with Gasteiger partial charge in [-0.15, -0.1) is 0 Å². The van der Waals surface area contributed by atoms with Gasteiger partial charge in [0.2, 0.25) is 5.88 Å². The van der Waals surface area contributed by atoms with Gasteiger partial charge in [-0.05, 0) is 29.9 Å². The number of nitrogens with one attached hydrogen (secondary N) is 1. The number of piperidine rings is 1. The lowest BCUT2D eigenvalue weighted by atomic mass is 10.1. The maximum atomic E-state index is 5.90. The summed E-state index contributed by atoms with van der Waals surface area (Å²) in [5, 5.41) is 1.63. The van der Waals surface area contributed by atoms with Gasteiger partial charge in [-0.25, -0.2) is 0 Å². The predicted octanol–water partition coefficient (Wildman–Crippen LogP) is 3.65. The highest BCUT2D eigenvalue weighted by Crippen LogP contribution is 2.22. The Morgan fingerprint density at radius 2 is 2.08 bits per heavy atom. The van der Waals surface area contributed by atoms with Crippen LogP contribution in [0.2, 0.25) is 5.15 Å². The van der Waals surface area contributed by atoms with Crippen molar-refractivity contribution in [3.8, 4) is 5.88 Å². The molecule has 124 valence electrons. The molecule has 2 aromatic heterocycles. The van der Waals surface area contributed by atoms with E-state index in [1.165, 1.54) is 22.7 Å². The molecule has 0 radical (unpaired) electrons. The fraction of sp³-hybridized carbons (Fsp3) is 0.333. The summed E-state index contributed by atoms with van der Waals surface area (Å²) in [4.78, 5) is 14.0. The van der Waals surface area contributed by atoms with Crippen molar-refractivity contribution in [2.45, 2.75) is 25.5 Å². The monoisotopic (exact) mass is 342 g/mol. The average molecular weight is 343 g/mol. The molecule has 0 spiro atoms. The van der Waals surface area contributed by atoms with E-state index in [0.717, 1.165) is 32.5 Å². The number of aromatic nitrogens is 3. The third-order valence-corrected chi connectivity index (χ3v) is 4.65. The van der Waals surface area contributed by atoms with Crippen molar-refractivity contribution >= 4 is 22.5 Å². The first kappa shape index (κ1) is 15.4. The molecular formula is C18H19ClN4O. The number of hydrogen-bond donors (Lipinski definition) is 1. The second-order valence-electron chi connectivity index (χ2n) is 6.13. The molecule has 1 aliphatic heterocycles. The third kappa shape index (κ3) is 3.37.